The fourth-order valence-electron chi connectivity index (χ4n) is 1.47. The van der Waals surface area contributed by atoms with Gasteiger partial charge in [-0.15, -0.1) is 0 Å². The lowest BCUT2D eigenvalue weighted by atomic mass is 10.2. The molecule has 0 N–H and O–H groups in total. The van der Waals surface area contributed by atoms with Crippen LogP contribution in [0.4, 0.5) is 0 Å². The smallest absolute Gasteiger partial charge is 0.238 e. The number of hydrogen-bond donors (Lipinski definition) is 0. The summed E-state index contributed by atoms with van der Waals surface area (Å²) >= 11 is 0. The van der Waals surface area contributed by atoms with Crippen molar-refractivity contribution in [1.82, 2.24) is 0 Å². The molecule has 0 saturated heterocycles. The van der Waals surface area contributed by atoms with Crippen LogP contribution in [0.1, 0.15) is 39.5 Å². The first-order valence-electron chi connectivity index (χ1n) is 4.93. The fourth-order valence-corrected chi connectivity index (χ4v) is 3.14. The van der Waals surface area contributed by atoms with Crippen molar-refractivity contribution >= 4 is 19.7 Å². The Morgan fingerprint density at radius 1 is 1.43 bits per heavy atom. The lowest BCUT2D eigenvalue weighted by Crippen LogP contribution is -2.18. The van der Waals surface area contributed by atoms with Crippen molar-refractivity contribution in [3.63, 3.8) is 0 Å². The zero-order valence-corrected chi connectivity index (χ0v) is 10.2. The van der Waals surface area contributed by atoms with Crippen molar-refractivity contribution in [2.24, 2.45) is 0 Å². The number of hydrogen-bond acceptors (Lipinski definition) is 3. The zero-order chi connectivity index (χ0) is 10.8. The van der Waals surface area contributed by atoms with Gasteiger partial charge in [-0.3, -0.25) is 0 Å². The summed E-state index contributed by atoms with van der Waals surface area (Å²) in [6, 6.07) is 0. The molecule has 0 radical (unpaired) electrons. The van der Waals surface area contributed by atoms with Gasteiger partial charge < -0.3 is 4.74 Å². The van der Waals surface area contributed by atoms with Crippen LogP contribution in [-0.2, 0) is 13.8 Å². The quantitative estimate of drug-likeness (QED) is 0.529. The molecule has 0 bridgehead atoms. The Bertz CT molecular complexity index is 280. The van der Waals surface area contributed by atoms with E-state index in [2.05, 4.69) is 0 Å². The third kappa shape index (κ3) is 3.11. The molecule has 0 aromatic carbocycles. The third-order valence-corrected chi connectivity index (χ3v) is 5.18. The number of rotatable bonds is 6. The Hall–Kier alpha value is 0.200. The van der Waals surface area contributed by atoms with Crippen LogP contribution in [0.25, 0.3) is 0 Å². The van der Waals surface area contributed by atoms with E-state index in [-0.39, 0.29) is 6.10 Å². The minimum Gasteiger partial charge on any atom is -0.379 e. The molecule has 0 heterocycles. The van der Waals surface area contributed by atoms with Crippen LogP contribution in [0.15, 0.2) is 0 Å². The first kappa shape index (κ1) is 12.3. The highest BCUT2D eigenvalue weighted by Gasteiger charge is 2.52. The molecule has 1 saturated carbocycles. The van der Waals surface area contributed by atoms with Gasteiger partial charge >= 0.3 is 0 Å². The van der Waals surface area contributed by atoms with Gasteiger partial charge in [-0.2, -0.15) is 0 Å². The fraction of sp³-hybridized carbons (Fsp3) is 1.00. The topological polar surface area (TPSA) is 43.4 Å². The van der Waals surface area contributed by atoms with Crippen molar-refractivity contribution in [1.29, 1.82) is 0 Å². The SMILES string of the molecule is CC(C)OCCCC1(S(=O)(=O)Cl)CC1. The summed E-state index contributed by atoms with van der Waals surface area (Å²) in [4.78, 5) is 0. The van der Waals surface area contributed by atoms with Gasteiger partial charge in [0.15, 0.2) is 0 Å². The minimum atomic E-state index is -3.38. The minimum absolute atomic E-state index is 0.206. The van der Waals surface area contributed by atoms with E-state index >= 15 is 0 Å². The first-order chi connectivity index (χ1) is 6.37. The molecular formula is C9H17ClO3S. The van der Waals surface area contributed by atoms with Crippen molar-refractivity contribution in [2.75, 3.05) is 6.61 Å². The molecule has 5 heteroatoms. The molecule has 1 fully saturated rings. The highest BCUT2D eigenvalue weighted by Crippen LogP contribution is 2.49. The lowest BCUT2D eigenvalue weighted by molar-refractivity contribution is 0.0756. The van der Waals surface area contributed by atoms with E-state index in [4.69, 9.17) is 15.4 Å². The molecule has 0 spiro atoms. The number of ether oxygens (including phenoxy) is 1. The molecular weight excluding hydrogens is 224 g/mol. The molecule has 1 aliphatic rings. The van der Waals surface area contributed by atoms with Gasteiger partial charge in [-0.05, 0) is 39.5 Å². The van der Waals surface area contributed by atoms with Gasteiger partial charge in [0.25, 0.3) is 0 Å². The maximum atomic E-state index is 11.2. The Balaban J connectivity index is 2.26. The zero-order valence-electron chi connectivity index (χ0n) is 8.62. The summed E-state index contributed by atoms with van der Waals surface area (Å²) in [5.74, 6) is 0. The van der Waals surface area contributed by atoms with Gasteiger partial charge in [0.1, 0.15) is 0 Å². The Morgan fingerprint density at radius 3 is 2.36 bits per heavy atom. The van der Waals surface area contributed by atoms with Crippen LogP contribution >= 0.6 is 10.7 Å². The number of halogens is 1. The lowest BCUT2D eigenvalue weighted by Gasteiger charge is -2.12. The monoisotopic (exact) mass is 240 g/mol. The van der Waals surface area contributed by atoms with Gasteiger partial charge in [-0.25, -0.2) is 8.42 Å². The normalized spacial score (nSPS) is 20.0. The van der Waals surface area contributed by atoms with Crippen molar-refractivity contribution in [3.8, 4) is 0 Å². The predicted molar refractivity (Wildman–Crippen MR) is 57.1 cm³/mol. The summed E-state index contributed by atoms with van der Waals surface area (Å²) in [5.41, 5.74) is 0. The van der Waals surface area contributed by atoms with Crippen LogP contribution in [0.2, 0.25) is 0 Å². The maximum Gasteiger partial charge on any atom is 0.238 e. The van der Waals surface area contributed by atoms with E-state index in [1.54, 1.807) is 0 Å². The summed E-state index contributed by atoms with van der Waals surface area (Å²) in [6.07, 6.45) is 3.02. The molecule has 1 aliphatic carbocycles. The molecule has 0 aromatic rings. The van der Waals surface area contributed by atoms with Gasteiger partial charge in [0.05, 0.1) is 10.9 Å². The molecule has 14 heavy (non-hydrogen) atoms. The largest absolute Gasteiger partial charge is 0.379 e. The van der Waals surface area contributed by atoms with Crippen molar-refractivity contribution < 1.29 is 13.2 Å². The van der Waals surface area contributed by atoms with Crippen LogP contribution < -0.4 is 0 Å². The molecule has 0 atom stereocenters. The Labute approximate surface area is 90.2 Å². The van der Waals surface area contributed by atoms with Crippen LogP contribution in [0.5, 0.6) is 0 Å². The molecule has 3 nitrogen and oxygen atoms in total. The molecule has 1 rings (SSSR count). The average Bonchev–Trinajstić information content (AvgIpc) is 2.77. The van der Waals surface area contributed by atoms with E-state index in [9.17, 15) is 8.42 Å². The van der Waals surface area contributed by atoms with E-state index in [0.717, 1.165) is 6.42 Å². The first-order valence-corrected chi connectivity index (χ1v) is 7.24. The van der Waals surface area contributed by atoms with Crippen molar-refractivity contribution in [2.45, 2.75) is 50.4 Å². The Kier molecular flexibility index (Phi) is 3.83. The average molecular weight is 241 g/mol. The predicted octanol–water partition coefficient (Wildman–Crippen LogP) is 2.29. The van der Waals surface area contributed by atoms with Crippen LogP contribution in [0.3, 0.4) is 0 Å². The molecule has 84 valence electrons. The van der Waals surface area contributed by atoms with Gasteiger partial charge in [0.2, 0.25) is 9.05 Å². The standard InChI is InChI=1S/C9H17ClO3S/c1-8(2)13-7-3-4-9(5-6-9)14(10,11)12/h8H,3-7H2,1-2H3. The van der Waals surface area contributed by atoms with E-state index in [1.807, 2.05) is 13.8 Å². The summed E-state index contributed by atoms with van der Waals surface area (Å²) in [7, 11) is 1.98. The highest BCUT2D eigenvalue weighted by atomic mass is 35.7. The Morgan fingerprint density at radius 2 is 2.00 bits per heavy atom. The van der Waals surface area contributed by atoms with E-state index in [1.165, 1.54) is 0 Å². The van der Waals surface area contributed by atoms with Crippen LogP contribution in [-0.4, -0.2) is 25.9 Å². The second-order valence-electron chi connectivity index (χ2n) is 4.14. The highest BCUT2D eigenvalue weighted by molar-refractivity contribution is 8.15. The summed E-state index contributed by atoms with van der Waals surface area (Å²) in [5, 5.41) is 0. The molecule has 0 amide bonds. The molecule has 0 unspecified atom stereocenters. The summed E-state index contributed by atoms with van der Waals surface area (Å²) in [6.45, 7) is 4.54. The van der Waals surface area contributed by atoms with E-state index in [0.29, 0.717) is 25.9 Å². The second kappa shape index (κ2) is 4.37. The van der Waals surface area contributed by atoms with Gasteiger partial charge in [-0.1, -0.05) is 0 Å². The molecule has 0 aromatic heterocycles. The summed E-state index contributed by atoms with van der Waals surface area (Å²) < 4.78 is 27.1. The maximum absolute atomic E-state index is 11.2. The molecule has 0 aliphatic heterocycles. The van der Waals surface area contributed by atoms with Gasteiger partial charge in [0, 0.05) is 17.3 Å². The van der Waals surface area contributed by atoms with Crippen LogP contribution in [0, 0.1) is 0 Å². The van der Waals surface area contributed by atoms with Crippen molar-refractivity contribution in [3.05, 3.63) is 0 Å². The third-order valence-electron chi connectivity index (χ3n) is 2.55. The second-order valence-corrected chi connectivity index (χ2v) is 7.10. The van der Waals surface area contributed by atoms with E-state index < -0.39 is 13.8 Å².